The Bertz CT molecular complexity index is 647. The van der Waals surface area contributed by atoms with Crippen LogP contribution in [0.1, 0.15) is 28.6 Å². The molecule has 0 unspecified atom stereocenters. The summed E-state index contributed by atoms with van der Waals surface area (Å²) in [5.74, 6) is -1.15. The largest absolute Gasteiger partial charge is 0.477 e. The normalized spacial score (nSPS) is 11.6. The third kappa shape index (κ3) is 2.52. The van der Waals surface area contributed by atoms with E-state index in [9.17, 15) is 18.0 Å². The maximum atomic E-state index is 12.7. The van der Waals surface area contributed by atoms with Crippen molar-refractivity contribution in [3.8, 4) is 11.3 Å². The molecule has 1 N–H and O–H groups in total. The van der Waals surface area contributed by atoms with E-state index in [0.717, 1.165) is 12.1 Å². The second-order valence-electron chi connectivity index (χ2n) is 4.07. The number of hydrogen-bond donors (Lipinski definition) is 1. The first-order valence-corrected chi connectivity index (χ1v) is 5.74. The van der Waals surface area contributed by atoms with Gasteiger partial charge in [0.2, 0.25) is 0 Å². The van der Waals surface area contributed by atoms with Crippen molar-refractivity contribution in [3.05, 3.63) is 41.2 Å². The Morgan fingerprint density at radius 3 is 2.65 bits per heavy atom. The predicted octanol–water partition coefficient (Wildman–Crippen LogP) is 3.62. The number of aryl methyl sites for hydroxylation is 1. The molecule has 7 heteroatoms. The number of aromatic carboxylic acids is 1. The molecular weight excluding hydrogens is 275 g/mol. The van der Waals surface area contributed by atoms with Gasteiger partial charge in [0, 0.05) is 12.0 Å². The van der Waals surface area contributed by atoms with Crippen molar-refractivity contribution in [1.29, 1.82) is 0 Å². The van der Waals surface area contributed by atoms with Crippen molar-refractivity contribution in [3.63, 3.8) is 0 Å². The van der Waals surface area contributed by atoms with Crippen LogP contribution in [0.15, 0.2) is 28.8 Å². The summed E-state index contributed by atoms with van der Waals surface area (Å²) in [5, 5.41) is 12.7. The van der Waals surface area contributed by atoms with Crippen LogP contribution in [-0.4, -0.2) is 16.2 Å². The number of aromatic nitrogens is 1. The van der Waals surface area contributed by atoms with Gasteiger partial charge in [-0.3, -0.25) is 0 Å². The fourth-order valence-corrected chi connectivity index (χ4v) is 1.83. The molecule has 2 rings (SSSR count). The van der Waals surface area contributed by atoms with Gasteiger partial charge in [-0.25, -0.2) is 4.79 Å². The van der Waals surface area contributed by atoms with E-state index in [2.05, 4.69) is 5.16 Å². The van der Waals surface area contributed by atoms with Crippen LogP contribution in [0.4, 0.5) is 13.2 Å². The van der Waals surface area contributed by atoms with Crippen LogP contribution in [0.5, 0.6) is 0 Å². The summed E-state index contributed by atoms with van der Waals surface area (Å²) in [7, 11) is 0. The van der Waals surface area contributed by atoms with Gasteiger partial charge in [0.15, 0.2) is 5.76 Å². The molecule has 0 saturated carbocycles. The Morgan fingerprint density at radius 1 is 1.40 bits per heavy atom. The Hall–Kier alpha value is -2.31. The van der Waals surface area contributed by atoms with E-state index in [0.29, 0.717) is 0 Å². The van der Waals surface area contributed by atoms with E-state index in [1.165, 1.54) is 12.1 Å². The molecular formula is C13H10F3NO3. The lowest BCUT2D eigenvalue weighted by atomic mass is 10.0. The van der Waals surface area contributed by atoms with Gasteiger partial charge in [-0.2, -0.15) is 13.2 Å². The molecule has 20 heavy (non-hydrogen) atoms. The van der Waals surface area contributed by atoms with Gasteiger partial charge in [0.1, 0.15) is 11.3 Å². The summed E-state index contributed by atoms with van der Waals surface area (Å²) in [6.45, 7) is 1.67. The summed E-state index contributed by atoms with van der Waals surface area (Å²) < 4.78 is 42.8. The number of carboxylic acid groups (broad SMARTS) is 1. The quantitative estimate of drug-likeness (QED) is 0.935. The summed E-state index contributed by atoms with van der Waals surface area (Å²) in [6, 6.07) is 4.32. The lowest BCUT2D eigenvalue weighted by molar-refractivity contribution is -0.137. The fraction of sp³-hybridized carbons (Fsp3) is 0.231. The predicted molar refractivity (Wildman–Crippen MR) is 63.3 cm³/mol. The van der Waals surface area contributed by atoms with E-state index in [-0.39, 0.29) is 29.0 Å². The SMILES string of the molecule is CCc1onc(-c2cccc(C(F)(F)F)c2)c1C(=O)O. The molecule has 4 nitrogen and oxygen atoms in total. The van der Waals surface area contributed by atoms with Crippen LogP contribution in [0.2, 0.25) is 0 Å². The summed E-state index contributed by atoms with van der Waals surface area (Å²) in [5.41, 5.74) is -1.11. The van der Waals surface area contributed by atoms with E-state index in [1.807, 2.05) is 0 Å². The monoisotopic (exact) mass is 285 g/mol. The molecule has 0 bridgehead atoms. The molecule has 0 spiro atoms. The highest BCUT2D eigenvalue weighted by molar-refractivity contribution is 5.95. The molecule has 0 fully saturated rings. The van der Waals surface area contributed by atoms with Crippen LogP contribution in [0, 0.1) is 0 Å². The Labute approximate surface area is 111 Å². The third-order valence-electron chi connectivity index (χ3n) is 2.76. The van der Waals surface area contributed by atoms with E-state index in [4.69, 9.17) is 9.63 Å². The topological polar surface area (TPSA) is 63.3 Å². The molecule has 0 amide bonds. The maximum absolute atomic E-state index is 12.7. The van der Waals surface area contributed by atoms with Gasteiger partial charge in [-0.1, -0.05) is 24.2 Å². The molecule has 0 radical (unpaired) electrons. The van der Waals surface area contributed by atoms with Crippen LogP contribution in [0.25, 0.3) is 11.3 Å². The minimum atomic E-state index is -4.50. The first-order chi connectivity index (χ1) is 9.34. The number of nitrogens with zero attached hydrogens (tertiary/aromatic N) is 1. The van der Waals surface area contributed by atoms with Gasteiger partial charge in [-0.15, -0.1) is 0 Å². The van der Waals surface area contributed by atoms with Gasteiger partial charge < -0.3 is 9.63 Å². The van der Waals surface area contributed by atoms with Crippen molar-refractivity contribution in [2.45, 2.75) is 19.5 Å². The van der Waals surface area contributed by atoms with Crippen molar-refractivity contribution in [2.75, 3.05) is 0 Å². The second kappa shape index (κ2) is 4.99. The second-order valence-corrected chi connectivity index (χ2v) is 4.07. The van der Waals surface area contributed by atoms with Crippen molar-refractivity contribution >= 4 is 5.97 Å². The zero-order valence-electron chi connectivity index (χ0n) is 10.4. The number of halogens is 3. The Kier molecular flexibility index (Phi) is 3.52. The first kappa shape index (κ1) is 14.1. The molecule has 0 aliphatic carbocycles. The first-order valence-electron chi connectivity index (χ1n) is 5.74. The summed E-state index contributed by atoms with van der Waals surface area (Å²) >= 11 is 0. The number of carbonyl (C=O) groups is 1. The third-order valence-corrected chi connectivity index (χ3v) is 2.76. The number of carboxylic acids is 1. The number of hydrogen-bond acceptors (Lipinski definition) is 3. The fourth-order valence-electron chi connectivity index (χ4n) is 1.83. The number of alkyl halides is 3. The standard InChI is InChI=1S/C13H10F3NO3/c1-2-9-10(12(18)19)11(17-20-9)7-4-3-5-8(6-7)13(14,15)16/h3-6H,2H2,1H3,(H,18,19). The molecule has 106 valence electrons. The molecule has 0 aliphatic rings. The van der Waals surface area contributed by atoms with Crippen molar-refractivity contribution < 1.29 is 27.6 Å². The van der Waals surface area contributed by atoms with E-state index >= 15 is 0 Å². The van der Waals surface area contributed by atoms with Crippen molar-refractivity contribution in [1.82, 2.24) is 5.16 Å². The molecule has 2 aromatic rings. The zero-order valence-corrected chi connectivity index (χ0v) is 10.4. The lowest BCUT2D eigenvalue weighted by Gasteiger charge is -2.07. The molecule has 0 atom stereocenters. The van der Waals surface area contributed by atoms with E-state index in [1.54, 1.807) is 6.92 Å². The molecule has 1 aromatic heterocycles. The van der Waals surface area contributed by atoms with E-state index < -0.39 is 17.7 Å². The Morgan fingerprint density at radius 2 is 2.10 bits per heavy atom. The molecule has 0 saturated heterocycles. The molecule has 1 heterocycles. The highest BCUT2D eigenvalue weighted by Gasteiger charge is 2.31. The van der Waals surface area contributed by atoms with Crippen LogP contribution in [-0.2, 0) is 12.6 Å². The van der Waals surface area contributed by atoms with Gasteiger partial charge >= 0.3 is 12.1 Å². The lowest BCUT2D eigenvalue weighted by Crippen LogP contribution is -2.05. The van der Waals surface area contributed by atoms with Gasteiger partial charge in [-0.05, 0) is 12.1 Å². The molecule has 0 aliphatic heterocycles. The number of rotatable bonds is 3. The minimum Gasteiger partial charge on any atom is -0.477 e. The summed E-state index contributed by atoms with van der Waals surface area (Å²) in [6.07, 6.45) is -4.22. The van der Waals surface area contributed by atoms with Gasteiger partial charge in [0.05, 0.1) is 5.56 Å². The highest BCUT2D eigenvalue weighted by Crippen LogP contribution is 2.33. The average molecular weight is 285 g/mol. The van der Waals surface area contributed by atoms with Crippen LogP contribution < -0.4 is 0 Å². The molecule has 1 aromatic carbocycles. The van der Waals surface area contributed by atoms with Gasteiger partial charge in [0.25, 0.3) is 0 Å². The highest BCUT2D eigenvalue weighted by atomic mass is 19.4. The van der Waals surface area contributed by atoms with Crippen molar-refractivity contribution in [2.24, 2.45) is 0 Å². The maximum Gasteiger partial charge on any atom is 0.416 e. The van der Waals surface area contributed by atoms with Crippen LogP contribution >= 0.6 is 0 Å². The zero-order chi connectivity index (χ0) is 14.9. The Balaban J connectivity index is 2.58. The average Bonchev–Trinajstić information content (AvgIpc) is 2.81. The smallest absolute Gasteiger partial charge is 0.416 e. The number of benzene rings is 1. The van der Waals surface area contributed by atoms with Crippen LogP contribution in [0.3, 0.4) is 0 Å². The minimum absolute atomic E-state index is 0.0562. The summed E-state index contributed by atoms with van der Waals surface area (Å²) in [4.78, 5) is 11.2.